The molecule has 0 unspecified atom stereocenters. The summed E-state index contributed by atoms with van der Waals surface area (Å²) in [6.07, 6.45) is 12.5. The lowest BCUT2D eigenvalue weighted by Crippen LogP contribution is -1.81. The second-order valence-corrected chi connectivity index (χ2v) is 3.00. The first-order valence-electron chi connectivity index (χ1n) is 5.37. The molecule has 0 nitrogen and oxygen atoms in total. The van der Waals surface area contributed by atoms with E-state index in [9.17, 15) is 0 Å². The molecule has 0 aromatic rings. The Bertz CT molecular complexity index is 204. The van der Waals surface area contributed by atoms with Gasteiger partial charge < -0.3 is 0 Å². The molecule has 1 aliphatic rings. The average Bonchev–Trinajstić information content (AvgIpc) is 2.36. The summed E-state index contributed by atoms with van der Waals surface area (Å²) in [5.41, 5.74) is 2.93. The van der Waals surface area contributed by atoms with Crippen LogP contribution in [0.3, 0.4) is 0 Å². The number of rotatable bonds is 2. The highest BCUT2D eigenvalue weighted by molar-refractivity contribution is 5.34. The van der Waals surface area contributed by atoms with Crippen molar-refractivity contribution in [3.05, 3.63) is 35.5 Å². The lowest BCUT2D eigenvalue weighted by Gasteiger charge is -2.00. The van der Waals surface area contributed by atoms with Gasteiger partial charge in [0.05, 0.1) is 0 Å². The van der Waals surface area contributed by atoms with E-state index in [4.69, 9.17) is 0 Å². The fourth-order valence-electron chi connectivity index (χ4n) is 1.32. The minimum Gasteiger partial charge on any atom is -0.0805 e. The molecule has 0 aromatic carbocycles. The summed E-state index contributed by atoms with van der Waals surface area (Å²) in [4.78, 5) is 0. The monoisotopic (exact) mass is 178 g/mol. The zero-order valence-electron chi connectivity index (χ0n) is 9.43. The van der Waals surface area contributed by atoms with E-state index < -0.39 is 0 Å². The predicted octanol–water partition coefficient (Wildman–Crippen LogP) is 4.65. The van der Waals surface area contributed by atoms with Crippen molar-refractivity contribution < 1.29 is 0 Å². The first kappa shape index (κ1) is 12.2. The third kappa shape index (κ3) is 4.72. The normalized spacial score (nSPS) is 15.1. The van der Waals surface area contributed by atoms with Gasteiger partial charge in [-0.1, -0.05) is 51.5 Å². The standard InChI is InChI=1S/C11H16.C2H6/c1-3-7-11-9-6-4-5-8-10(11)2;1-2/h5-6,8-9H,3-4,7H2,1-2H3;1-2H3. The quantitative estimate of drug-likeness (QED) is 0.577. The zero-order chi connectivity index (χ0) is 10.1. The van der Waals surface area contributed by atoms with Crippen molar-refractivity contribution in [3.8, 4) is 0 Å². The molecule has 0 radical (unpaired) electrons. The van der Waals surface area contributed by atoms with E-state index >= 15 is 0 Å². The van der Waals surface area contributed by atoms with Crippen LogP contribution in [0, 0.1) is 0 Å². The molecule has 0 amide bonds. The molecule has 0 bridgehead atoms. The van der Waals surface area contributed by atoms with E-state index in [1.807, 2.05) is 13.8 Å². The summed E-state index contributed by atoms with van der Waals surface area (Å²) in [5.74, 6) is 0. The molecule has 0 atom stereocenters. The van der Waals surface area contributed by atoms with Crippen LogP contribution in [0.1, 0.15) is 47.0 Å². The molecular formula is C13H22. The second kappa shape index (κ2) is 7.85. The van der Waals surface area contributed by atoms with E-state index in [0.717, 1.165) is 6.42 Å². The van der Waals surface area contributed by atoms with Gasteiger partial charge in [-0.25, -0.2) is 0 Å². The molecular weight excluding hydrogens is 156 g/mol. The maximum atomic E-state index is 2.26. The van der Waals surface area contributed by atoms with E-state index in [2.05, 4.69) is 38.2 Å². The first-order valence-corrected chi connectivity index (χ1v) is 5.37. The van der Waals surface area contributed by atoms with E-state index in [-0.39, 0.29) is 0 Å². The van der Waals surface area contributed by atoms with Crippen molar-refractivity contribution in [1.29, 1.82) is 0 Å². The van der Waals surface area contributed by atoms with Gasteiger partial charge in [-0.15, -0.1) is 0 Å². The molecule has 13 heavy (non-hydrogen) atoms. The largest absolute Gasteiger partial charge is 0.0805 e. The van der Waals surface area contributed by atoms with Crippen LogP contribution in [0.5, 0.6) is 0 Å². The molecule has 0 heterocycles. The van der Waals surface area contributed by atoms with Crippen molar-refractivity contribution in [3.63, 3.8) is 0 Å². The Hall–Kier alpha value is -0.780. The van der Waals surface area contributed by atoms with Gasteiger partial charge in [-0.2, -0.15) is 0 Å². The molecule has 1 aliphatic carbocycles. The first-order chi connectivity index (χ1) is 6.34. The molecule has 0 saturated carbocycles. The summed E-state index contributed by atoms with van der Waals surface area (Å²) < 4.78 is 0. The Kier molecular flexibility index (Phi) is 7.38. The van der Waals surface area contributed by atoms with Gasteiger partial charge in [-0.3, -0.25) is 0 Å². The Morgan fingerprint density at radius 1 is 1.15 bits per heavy atom. The highest BCUT2D eigenvalue weighted by atomic mass is 14.0. The minimum atomic E-state index is 1.09. The molecule has 1 rings (SSSR count). The summed E-state index contributed by atoms with van der Waals surface area (Å²) in [5, 5.41) is 0. The molecule has 74 valence electrons. The number of hydrogen-bond acceptors (Lipinski definition) is 0. The smallest absolute Gasteiger partial charge is 0.0163 e. The fourth-order valence-corrected chi connectivity index (χ4v) is 1.32. The molecule has 0 aliphatic heterocycles. The second-order valence-electron chi connectivity index (χ2n) is 3.00. The zero-order valence-corrected chi connectivity index (χ0v) is 9.43. The van der Waals surface area contributed by atoms with Crippen LogP contribution >= 0.6 is 0 Å². The van der Waals surface area contributed by atoms with E-state index in [1.165, 1.54) is 24.0 Å². The molecule has 0 saturated heterocycles. The SMILES string of the molecule is CC.CCCC1=C(C)C=CCC=C1. The van der Waals surface area contributed by atoms with Crippen LogP contribution in [0.4, 0.5) is 0 Å². The maximum Gasteiger partial charge on any atom is -0.0163 e. The summed E-state index contributed by atoms with van der Waals surface area (Å²) in [7, 11) is 0. The van der Waals surface area contributed by atoms with Crippen molar-refractivity contribution in [2.24, 2.45) is 0 Å². The molecule has 0 aromatic heterocycles. The highest BCUT2D eigenvalue weighted by Crippen LogP contribution is 2.16. The van der Waals surface area contributed by atoms with Crippen LogP contribution < -0.4 is 0 Å². The summed E-state index contributed by atoms with van der Waals surface area (Å²) in [6, 6.07) is 0. The summed E-state index contributed by atoms with van der Waals surface area (Å²) in [6.45, 7) is 8.42. The van der Waals surface area contributed by atoms with Gasteiger partial charge in [0, 0.05) is 0 Å². The van der Waals surface area contributed by atoms with Crippen LogP contribution in [0.25, 0.3) is 0 Å². The Morgan fingerprint density at radius 3 is 2.38 bits per heavy atom. The maximum absolute atomic E-state index is 2.26. The lowest BCUT2D eigenvalue weighted by molar-refractivity contribution is 0.918. The topological polar surface area (TPSA) is 0 Å². The number of hydrogen-bond donors (Lipinski definition) is 0. The minimum absolute atomic E-state index is 1.09. The van der Waals surface area contributed by atoms with Crippen molar-refractivity contribution in [2.45, 2.75) is 47.0 Å². The highest BCUT2D eigenvalue weighted by Gasteiger charge is 1.96. The van der Waals surface area contributed by atoms with Crippen LogP contribution in [-0.2, 0) is 0 Å². The van der Waals surface area contributed by atoms with Crippen molar-refractivity contribution in [1.82, 2.24) is 0 Å². The third-order valence-corrected chi connectivity index (χ3v) is 1.98. The fraction of sp³-hybridized carbons (Fsp3) is 0.538. The van der Waals surface area contributed by atoms with Gasteiger partial charge >= 0.3 is 0 Å². The molecule has 0 spiro atoms. The third-order valence-electron chi connectivity index (χ3n) is 1.98. The van der Waals surface area contributed by atoms with E-state index in [1.54, 1.807) is 0 Å². The van der Waals surface area contributed by atoms with Gasteiger partial charge in [0.15, 0.2) is 0 Å². The van der Waals surface area contributed by atoms with Crippen LogP contribution in [-0.4, -0.2) is 0 Å². The Balaban J connectivity index is 0.000000671. The Morgan fingerprint density at radius 2 is 1.77 bits per heavy atom. The lowest BCUT2D eigenvalue weighted by atomic mass is 10.1. The van der Waals surface area contributed by atoms with Crippen LogP contribution in [0.15, 0.2) is 35.5 Å². The molecule has 0 fully saturated rings. The Labute approximate surface area is 83.0 Å². The van der Waals surface area contributed by atoms with Crippen LogP contribution in [0.2, 0.25) is 0 Å². The summed E-state index contributed by atoms with van der Waals surface area (Å²) >= 11 is 0. The number of allylic oxidation sites excluding steroid dienone is 6. The van der Waals surface area contributed by atoms with Crippen molar-refractivity contribution in [2.75, 3.05) is 0 Å². The predicted molar refractivity (Wildman–Crippen MR) is 61.9 cm³/mol. The van der Waals surface area contributed by atoms with Gasteiger partial charge in [0.2, 0.25) is 0 Å². The van der Waals surface area contributed by atoms with Crippen molar-refractivity contribution >= 4 is 0 Å². The average molecular weight is 178 g/mol. The molecule has 0 N–H and O–H groups in total. The van der Waals surface area contributed by atoms with Gasteiger partial charge in [0.25, 0.3) is 0 Å². The van der Waals surface area contributed by atoms with E-state index in [0.29, 0.717) is 0 Å². The van der Waals surface area contributed by atoms with Gasteiger partial charge in [-0.05, 0) is 30.9 Å². The molecule has 0 heteroatoms. The van der Waals surface area contributed by atoms with Gasteiger partial charge in [0.1, 0.15) is 0 Å².